The quantitative estimate of drug-likeness (QED) is 0.0950. The standard InChI is InChI=1S/C80H55NSi/c1-7-26-54(27-8-1)59-50-60(55-28-9-2-10-29-55)52-63(51-59)82(61-34-15-5-16-35-61,62-36-17-6-18-37-62)75-47-25-44-70-77-67-39-19-20-40-68(67)80(79(70)75)78-69(77)43-24-46-74(78)81-72-45-22-21-38-66(72)71-53-58(48-49-73(71)81)76-64(56-30-11-3-12-31-56)41-23-42-65(76)57-32-13-4-14-33-57/h1-53,77,80H. The molecule has 2 atom stereocenters. The van der Waals surface area contributed by atoms with Gasteiger partial charge in [0.1, 0.15) is 0 Å². The fourth-order valence-electron chi connectivity index (χ4n) is 14.6. The van der Waals surface area contributed by atoms with Gasteiger partial charge in [0.05, 0.1) is 16.7 Å². The Hall–Kier alpha value is -10.1. The first-order valence-corrected chi connectivity index (χ1v) is 30.7. The third kappa shape index (κ3) is 7.45. The lowest BCUT2D eigenvalue weighted by atomic mass is 9.60. The van der Waals surface area contributed by atoms with Crippen molar-refractivity contribution in [3.63, 3.8) is 0 Å². The molecule has 1 nitrogen and oxygen atoms in total. The number of para-hydroxylation sites is 1. The molecule has 2 unspecified atom stereocenters. The van der Waals surface area contributed by atoms with Gasteiger partial charge in [-0.15, -0.1) is 0 Å². The van der Waals surface area contributed by atoms with Crippen molar-refractivity contribution in [1.82, 2.24) is 4.57 Å². The Bertz CT molecular complexity index is 4570. The van der Waals surface area contributed by atoms with Gasteiger partial charge in [-0.3, -0.25) is 0 Å². The topological polar surface area (TPSA) is 4.93 Å². The molecule has 1 aromatic heterocycles. The summed E-state index contributed by atoms with van der Waals surface area (Å²) in [4.78, 5) is 0. The van der Waals surface area contributed by atoms with Gasteiger partial charge in [-0.05, 0) is 140 Å². The Labute approximate surface area is 480 Å². The van der Waals surface area contributed by atoms with Crippen LogP contribution in [0.5, 0.6) is 0 Å². The van der Waals surface area contributed by atoms with E-state index in [1.807, 2.05) is 0 Å². The minimum atomic E-state index is -3.26. The molecule has 0 fully saturated rings. The maximum atomic E-state index is 2.61. The second-order valence-corrected chi connectivity index (χ2v) is 25.9. The van der Waals surface area contributed by atoms with Gasteiger partial charge in [0.2, 0.25) is 0 Å². The summed E-state index contributed by atoms with van der Waals surface area (Å²) < 4.78 is 2.61. The molecule has 13 aromatic carbocycles. The zero-order valence-electron chi connectivity index (χ0n) is 45.2. The van der Waals surface area contributed by atoms with E-state index in [0.717, 1.165) is 0 Å². The molecule has 17 rings (SSSR count). The van der Waals surface area contributed by atoms with Crippen molar-refractivity contribution in [2.45, 2.75) is 11.8 Å². The van der Waals surface area contributed by atoms with Crippen molar-refractivity contribution in [3.8, 4) is 61.3 Å². The number of hydrogen-bond acceptors (Lipinski definition) is 0. The number of rotatable bonds is 10. The molecule has 0 spiro atoms. The van der Waals surface area contributed by atoms with Crippen LogP contribution in [0.4, 0.5) is 0 Å². The van der Waals surface area contributed by atoms with Crippen molar-refractivity contribution in [1.29, 1.82) is 0 Å². The van der Waals surface area contributed by atoms with E-state index in [-0.39, 0.29) is 11.8 Å². The van der Waals surface area contributed by atoms with Gasteiger partial charge < -0.3 is 4.57 Å². The van der Waals surface area contributed by atoms with Crippen LogP contribution in [0.1, 0.15) is 45.2 Å². The van der Waals surface area contributed by atoms with Gasteiger partial charge in [0.15, 0.2) is 8.07 Å². The van der Waals surface area contributed by atoms with Crippen LogP contribution >= 0.6 is 0 Å². The fourth-order valence-corrected chi connectivity index (χ4v) is 19.7. The van der Waals surface area contributed by atoms with E-state index < -0.39 is 8.07 Å². The zero-order valence-corrected chi connectivity index (χ0v) is 46.2. The number of benzene rings is 13. The Morgan fingerprint density at radius 1 is 0.256 bits per heavy atom. The Morgan fingerprint density at radius 3 is 1.29 bits per heavy atom. The molecule has 0 aliphatic heterocycles. The number of nitrogens with zero attached hydrogens (tertiary/aromatic N) is 1. The van der Waals surface area contributed by atoms with Crippen LogP contribution in [0.2, 0.25) is 0 Å². The third-order valence-electron chi connectivity index (χ3n) is 17.9. The predicted octanol–water partition coefficient (Wildman–Crippen LogP) is 17.5. The van der Waals surface area contributed by atoms with E-state index in [2.05, 4.69) is 326 Å². The lowest BCUT2D eigenvalue weighted by Crippen LogP contribution is -2.75. The summed E-state index contributed by atoms with van der Waals surface area (Å²) in [5, 5.41) is 8.01. The molecular weight excluding hydrogens is 1000 g/mol. The van der Waals surface area contributed by atoms with Gasteiger partial charge in [-0.2, -0.15) is 0 Å². The van der Waals surface area contributed by atoms with E-state index in [0.29, 0.717) is 0 Å². The summed E-state index contributed by atoms with van der Waals surface area (Å²) in [6, 6.07) is 121. The average Bonchev–Trinajstić information content (AvgIpc) is 1.89. The van der Waals surface area contributed by atoms with Gasteiger partial charge >= 0.3 is 0 Å². The molecule has 0 radical (unpaired) electrons. The lowest BCUT2D eigenvalue weighted by Gasteiger charge is -2.47. The Balaban J connectivity index is 0.970. The highest BCUT2D eigenvalue weighted by molar-refractivity contribution is 7.20. The summed E-state index contributed by atoms with van der Waals surface area (Å²) in [7, 11) is -3.26. The van der Waals surface area contributed by atoms with Crippen LogP contribution in [0, 0.1) is 0 Å². The van der Waals surface area contributed by atoms with Gasteiger partial charge in [-0.1, -0.05) is 291 Å². The van der Waals surface area contributed by atoms with Crippen molar-refractivity contribution >= 4 is 50.6 Å². The van der Waals surface area contributed by atoms with Crippen molar-refractivity contribution in [3.05, 3.63) is 355 Å². The molecular formula is C80H55NSi. The van der Waals surface area contributed by atoms with E-state index >= 15 is 0 Å². The van der Waals surface area contributed by atoms with E-state index in [9.17, 15) is 0 Å². The van der Waals surface area contributed by atoms with Crippen LogP contribution in [0.25, 0.3) is 83.1 Å². The van der Waals surface area contributed by atoms with E-state index in [1.165, 1.54) is 137 Å². The van der Waals surface area contributed by atoms with Gasteiger partial charge in [0.25, 0.3) is 0 Å². The predicted molar refractivity (Wildman–Crippen MR) is 346 cm³/mol. The largest absolute Gasteiger partial charge is 0.309 e. The van der Waals surface area contributed by atoms with Crippen LogP contribution in [-0.2, 0) is 0 Å². The molecule has 0 saturated heterocycles. The summed E-state index contributed by atoms with van der Waals surface area (Å²) in [5.41, 5.74) is 24.2. The van der Waals surface area contributed by atoms with Crippen molar-refractivity contribution in [2.24, 2.45) is 0 Å². The van der Waals surface area contributed by atoms with Crippen LogP contribution < -0.4 is 20.7 Å². The van der Waals surface area contributed by atoms with E-state index in [4.69, 9.17) is 0 Å². The van der Waals surface area contributed by atoms with Gasteiger partial charge in [-0.25, -0.2) is 0 Å². The summed E-state index contributed by atoms with van der Waals surface area (Å²) in [6.07, 6.45) is 0. The number of fused-ring (bicyclic) bond motifs is 3. The van der Waals surface area contributed by atoms with Gasteiger partial charge in [0, 0.05) is 22.6 Å². The molecule has 0 amide bonds. The Morgan fingerprint density at radius 2 is 0.707 bits per heavy atom. The van der Waals surface area contributed by atoms with Crippen molar-refractivity contribution < 1.29 is 0 Å². The molecule has 1 heterocycles. The smallest absolute Gasteiger partial charge is 0.179 e. The minimum Gasteiger partial charge on any atom is -0.309 e. The maximum absolute atomic E-state index is 3.26. The molecule has 0 saturated carbocycles. The highest BCUT2D eigenvalue weighted by Crippen LogP contribution is 2.57. The molecule has 2 bridgehead atoms. The van der Waals surface area contributed by atoms with Crippen LogP contribution in [-0.4, -0.2) is 12.6 Å². The summed E-state index contributed by atoms with van der Waals surface area (Å²) >= 11 is 0. The lowest BCUT2D eigenvalue weighted by molar-refractivity contribution is 0.752. The molecule has 3 aliphatic rings. The van der Waals surface area contributed by atoms with E-state index in [1.54, 1.807) is 0 Å². The normalized spacial score (nSPS) is 14.1. The SMILES string of the molecule is c1ccc(-c2cc(-c3ccccc3)cc([Si](c3ccccc3)(c3ccccc3)c3cccc4c3C3c5ccccc5C4c4cccc(-n5c6ccccc6c6cc(-c7c(-c8ccccc8)cccc7-c7ccccc7)ccc65)c43)c2)cc1. The monoisotopic (exact) mass is 1060 g/mol. The highest BCUT2D eigenvalue weighted by Gasteiger charge is 2.50. The van der Waals surface area contributed by atoms with Crippen molar-refractivity contribution in [2.75, 3.05) is 0 Å². The second kappa shape index (κ2) is 19.6. The first kappa shape index (κ1) is 47.8. The highest BCUT2D eigenvalue weighted by atomic mass is 28.3. The molecule has 2 heteroatoms. The minimum absolute atomic E-state index is 0.0328. The maximum Gasteiger partial charge on any atom is 0.179 e. The fraction of sp³-hybridized carbons (Fsp3) is 0.0250. The van der Waals surface area contributed by atoms with Crippen LogP contribution in [0.3, 0.4) is 0 Å². The van der Waals surface area contributed by atoms with Crippen LogP contribution in [0.15, 0.2) is 322 Å². The average molecular weight is 1060 g/mol. The summed E-state index contributed by atoms with van der Waals surface area (Å²) in [5.74, 6) is -0.0315. The Kier molecular flexibility index (Phi) is 11.4. The molecule has 0 N–H and O–H groups in total. The third-order valence-corrected chi connectivity index (χ3v) is 22.7. The first-order chi connectivity index (χ1) is 40.7. The molecule has 82 heavy (non-hydrogen) atoms. The molecule has 14 aromatic rings. The summed E-state index contributed by atoms with van der Waals surface area (Å²) in [6.45, 7) is 0. The number of hydrogen-bond donors (Lipinski definition) is 0. The number of aromatic nitrogens is 1. The molecule has 384 valence electrons. The molecule has 3 aliphatic carbocycles. The first-order valence-electron chi connectivity index (χ1n) is 28.7. The second-order valence-electron chi connectivity index (χ2n) is 22.1. The zero-order chi connectivity index (χ0) is 54.1.